The quantitative estimate of drug-likeness (QED) is 0.210. The number of anilines is 1. The fourth-order valence-electron chi connectivity index (χ4n) is 7.83. The fourth-order valence-corrected chi connectivity index (χ4v) is 8.06. The van der Waals surface area contributed by atoms with Crippen molar-refractivity contribution in [2.24, 2.45) is 11.8 Å². The highest BCUT2D eigenvalue weighted by Gasteiger charge is 2.79. The molecule has 0 aromatic heterocycles. The van der Waals surface area contributed by atoms with Crippen LogP contribution in [-0.4, -0.2) is 76.1 Å². The number of likely N-dealkylation sites (tertiary alicyclic amines) is 1. The molecule has 3 saturated heterocycles. The first-order valence-corrected chi connectivity index (χ1v) is 16.4. The zero-order valence-electron chi connectivity index (χ0n) is 26.1. The lowest BCUT2D eigenvalue weighted by atomic mass is 9.64. The number of aliphatic hydroxyl groups excluding tert-OH is 1. The lowest BCUT2D eigenvalue weighted by Gasteiger charge is -2.37. The van der Waals surface area contributed by atoms with Crippen LogP contribution in [0.15, 0.2) is 79.9 Å². The van der Waals surface area contributed by atoms with Gasteiger partial charge in [-0.2, -0.15) is 0 Å². The third-order valence-electron chi connectivity index (χ3n) is 9.84. The van der Waals surface area contributed by atoms with Gasteiger partial charge >= 0.3 is 0 Å². The molecule has 3 heterocycles. The van der Waals surface area contributed by atoms with Crippen LogP contribution in [0.1, 0.15) is 51.0 Å². The van der Waals surface area contributed by atoms with Crippen LogP contribution in [0.2, 0.25) is 5.02 Å². The molecule has 45 heavy (non-hydrogen) atoms. The molecule has 3 aliphatic heterocycles. The van der Waals surface area contributed by atoms with E-state index < -0.39 is 29.1 Å². The van der Waals surface area contributed by atoms with Crippen LogP contribution in [0, 0.1) is 11.8 Å². The number of para-hydroxylation sites is 1. The summed E-state index contributed by atoms with van der Waals surface area (Å²) in [4.78, 5) is 49.1. The smallest absolute Gasteiger partial charge is 0.253 e. The second-order valence-corrected chi connectivity index (χ2v) is 12.7. The lowest BCUT2D eigenvalue weighted by Crippen LogP contribution is -2.56. The van der Waals surface area contributed by atoms with E-state index >= 15 is 0 Å². The number of ether oxygens (including phenoxy) is 1. The number of nitrogens with zero attached hydrogens (tertiary/aromatic N) is 3. The van der Waals surface area contributed by atoms with Crippen LogP contribution < -0.4 is 4.90 Å². The molecule has 0 radical (unpaired) electrons. The topological polar surface area (TPSA) is 90.4 Å². The third-order valence-corrected chi connectivity index (χ3v) is 10.2. The molecular weight excluding hydrogens is 590 g/mol. The van der Waals surface area contributed by atoms with Gasteiger partial charge in [-0.1, -0.05) is 73.1 Å². The highest BCUT2D eigenvalue weighted by Crippen LogP contribution is 2.64. The van der Waals surface area contributed by atoms with Gasteiger partial charge in [0.2, 0.25) is 11.8 Å². The maximum atomic E-state index is 14.8. The van der Waals surface area contributed by atoms with E-state index in [1.807, 2.05) is 43.3 Å². The number of halogens is 1. The standard InChI is InChI=1S/C36H44ClN3O5/c1-4-21-38(25-26-15-9-7-10-16-26)32(42)29-30-33(43)40(23-13-8-14-24-41)31(36(30)20-19-35(29,6-3)45-36)34(44)39(22-5-2)28-18-12-11-17-27(28)37/h4-5,7,9-12,15-18,29-31,41H,1-2,6,8,13-14,19-25H2,3H3/t29-,30+,31?,35+,36?/m1/s1. The molecule has 1 N–H and O–H groups in total. The highest BCUT2D eigenvalue weighted by atomic mass is 35.5. The molecule has 5 rings (SSSR count). The van der Waals surface area contributed by atoms with Gasteiger partial charge in [0.15, 0.2) is 0 Å². The zero-order valence-corrected chi connectivity index (χ0v) is 26.8. The fraction of sp³-hybridized carbons (Fsp3) is 0.472. The highest BCUT2D eigenvalue weighted by molar-refractivity contribution is 6.34. The Labute approximate surface area is 271 Å². The number of hydrogen-bond donors (Lipinski definition) is 1. The summed E-state index contributed by atoms with van der Waals surface area (Å²) in [5.74, 6) is -2.21. The summed E-state index contributed by atoms with van der Waals surface area (Å²) in [6, 6.07) is 16.0. The Morgan fingerprint density at radius 2 is 1.73 bits per heavy atom. The molecule has 3 amide bonds. The first kappa shape index (κ1) is 32.9. The van der Waals surface area contributed by atoms with Crippen molar-refractivity contribution in [3.8, 4) is 0 Å². The summed E-state index contributed by atoms with van der Waals surface area (Å²) in [5.41, 5.74) is -0.507. The Morgan fingerprint density at radius 3 is 2.40 bits per heavy atom. The molecule has 2 aromatic carbocycles. The van der Waals surface area contributed by atoms with Crippen molar-refractivity contribution >= 4 is 35.0 Å². The second-order valence-electron chi connectivity index (χ2n) is 12.3. The number of carbonyl (C=O) groups is 3. The van der Waals surface area contributed by atoms with Crippen LogP contribution in [0.4, 0.5) is 5.69 Å². The van der Waals surface area contributed by atoms with Crippen LogP contribution in [0.25, 0.3) is 0 Å². The Bertz CT molecular complexity index is 1420. The number of amides is 3. The summed E-state index contributed by atoms with van der Waals surface area (Å²) in [5, 5.41) is 9.78. The molecule has 2 bridgehead atoms. The van der Waals surface area contributed by atoms with Gasteiger partial charge in [-0.3, -0.25) is 14.4 Å². The average molecular weight is 634 g/mol. The van der Waals surface area contributed by atoms with Crippen molar-refractivity contribution in [1.29, 1.82) is 0 Å². The Morgan fingerprint density at radius 1 is 1.02 bits per heavy atom. The first-order valence-electron chi connectivity index (χ1n) is 16.0. The molecule has 8 nitrogen and oxygen atoms in total. The Kier molecular flexibility index (Phi) is 10.2. The number of rotatable bonds is 15. The summed E-state index contributed by atoms with van der Waals surface area (Å²) in [7, 11) is 0. The second kappa shape index (κ2) is 13.9. The minimum atomic E-state index is -1.16. The maximum Gasteiger partial charge on any atom is 0.253 e. The van der Waals surface area contributed by atoms with E-state index in [2.05, 4.69) is 13.2 Å². The van der Waals surface area contributed by atoms with Crippen molar-refractivity contribution < 1.29 is 24.2 Å². The predicted octanol–water partition coefficient (Wildman–Crippen LogP) is 5.39. The van der Waals surface area contributed by atoms with Crippen molar-refractivity contribution in [3.05, 3.63) is 90.5 Å². The molecule has 5 atom stereocenters. The van der Waals surface area contributed by atoms with Crippen LogP contribution in [0.3, 0.4) is 0 Å². The lowest BCUT2D eigenvalue weighted by molar-refractivity contribution is -0.151. The predicted molar refractivity (Wildman–Crippen MR) is 176 cm³/mol. The van der Waals surface area contributed by atoms with Crippen LogP contribution in [0.5, 0.6) is 0 Å². The molecule has 0 aliphatic carbocycles. The molecule has 3 fully saturated rings. The van der Waals surface area contributed by atoms with E-state index in [4.69, 9.17) is 16.3 Å². The van der Waals surface area contributed by atoms with Gasteiger partial charge in [0.25, 0.3) is 5.91 Å². The summed E-state index contributed by atoms with van der Waals surface area (Å²) < 4.78 is 7.01. The van der Waals surface area contributed by atoms with E-state index in [1.165, 1.54) is 0 Å². The average Bonchev–Trinajstić information content (AvgIpc) is 3.65. The normalized spacial score (nSPS) is 26.5. The molecule has 1 spiro atoms. The molecular formula is C36H44ClN3O5. The number of unbranched alkanes of at least 4 members (excludes halogenated alkanes) is 2. The van der Waals surface area contributed by atoms with Crippen molar-refractivity contribution in [3.63, 3.8) is 0 Å². The number of aliphatic hydroxyl groups is 1. The zero-order chi connectivity index (χ0) is 32.2. The largest absolute Gasteiger partial charge is 0.396 e. The van der Waals surface area contributed by atoms with Gasteiger partial charge in [0.05, 0.1) is 28.1 Å². The number of hydrogen-bond acceptors (Lipinski definition) is 5. The van der Waals surface area contributed by atoms with E-state index in [9.17, 15) is 19.5 Å². The summed E-state index contributed by atoms with van der Waals surface area (Å²) >= 11 is 6.60. The molecule has 9 heteroatoms. The van der Waals surface area contributed by atoms with Gasteiger partial charge in [-0.15, -0.1) is 13.2 Å². The van der Waals surface area contributed by atoms with Crippen LogP contribution >= 0.6 is 11.6 Å². The minimum Gasteiger partial charge on any atom is -0.396 e. The minimum absolute atomic E-state index is 0.0573. The molecule has 2 aromatic rings. The van der Waals surface area contributed by atoms with Gasteiger partial charge in [0.1, 0.15) is 11.6 Å². The van der Waals surface area contributed by atoms with Gasteiger partial charge in [-0.05, 0) is 56.2 Å². The molecule has 3 aliphatic rings. The SMILES string of the molecule is C=CCN(Cc1ccccc1)C(=O)[C@H]1[C@H]2C(=O)N(CCCCCO)C(C(=O)N(CC=C)c3ccccc3Cl)C23CC[C@]1(CC)O3. The van der Waals surface area contributed by atoms with E-state index in [0.29, 0.717) is 68.9 Å². The Balaban J connectivity index is 1.57. The maximum absolute atomic E-state index is 14.8. The summed E-state index contributed by atoms with van der Waals surface area (Å²) in [6.07, 6.45) is 6.87. The van der Waals surface area contributed by atoms with Crippen molar-refractivity contribution in [2.45, 2.75) is 69.2 Å². The van der Waals surface area contributed by atoms with Gasteiger partial charge < -0.3 is 24.5 Å². The number of carbonyl (C=O) groups excluding carboxylic acids is 3. The number of fused-ring (bicyclic) bond motifs is 1. The van der Waals surface area contributed by atoms with E-state index in [-0.39, 0.29) is 30.9 Å². The first-order chi connectivity index (χ1) is 21.8. The van der Waals surface area contributed by atoms with Gasteiger partial charge in [0, 0.05) is 32.8 Å². The van der Waals surface area contributed by atoms with Crippen molar-refractivity contribution in [1.82, 2.24) is 9.80 Å². The number of benzene rings is 2. The van der Waals surface area contributed by atoms with E-state index in [1.54, 1.807) is 45.1 Å². The third kappa shape index (κ3) is 5.84. The molecule has 240 valence electrons. The summed E-state index contributed by atoms with van der Waals surface area (Å²) in [6.45, 7) is 11.0. The van der Waals surface area contributed by atoms with Crippen LogP contribution in [-0.2, 0) is 25.7 Å². The van der Waals surface area contributed by atoms with Crippen molar-refractivity contribution in [2.75, 3.05) is 31.1 Å². The monoisotopic (exact) mass is 633 g/mol. The van der Waals surface area contributed by atoms with E-state index in [0.717, 1.165) is 5.56 Å². The van der Waals surface area contributed by atoms with Gasteiger partial charge in [-0.25, -0.2) is 0 Å². The molecule has 0 saturated carbocycles. The molecule has 2 unspecified atom stereocenters. The Hall–Kier alpha value is -3.46.